The van der Waals surface area contributed by atoms with Crippen molar-refractivity contribution in [2.45, 2.75) is 6.92 Å². The Bertz CT molecular complexity index is 325. The molecule has 13 heavy (non-hydrogen) atoms. The van der Waals surface area contributed by atoms with Crippen LogP contribution >= 0.6 is 15.9 Å². The molecule has 0 saturated carbocycles. The molecule has 0 aliphatic heterocycles. The summed E-state index contributed by atoms with van der Waals surface area (Å²) in [6.07, 6.45) is 0. The summed E-state index contributed by atoms with van der Waals surface area (Å²) < 4.78 is 6.12. The van der Waals surface area contributed by atoms with E-state index in [0.29, 0.717) is 5.75 Å². The number of amides is 1. The van der Waals surface area contributed by atoms with Crippen molar-refractivity contribution in [3.05, 3.63) is 28.2 Å². The molecule has 3 nitrogen and oxygen atoms in total. The van der Waals surface area contributed by atoms with Crippen LogP contribution in [-0.4, -0.2) is 12.5 Å². The molecule has 0 aliphatic carbocycles. The van der Waals surface area contributed by atoms with Gasteiger partial charge in [-0.25, -0.2) is 0 Å². The fourth-order valence-corrected chi connectivity index (χ4v) is 1.11. The van der Waals surface area contributed by atoms with Crippen molar-refractivity contribution in [1.29, 1.82) is 0 Å². The van der Waals surface area contributed by atoms with E-state index in [1.165, 1.54) is 0 Å². The lowest BCUT2D eigenvalue weighted by Crippen LogP contribution is -2.20. The van der Waals surface area contributed by atoms with Gasteiger partial charge in [0.1, 0.15) is 5.75 Å². The van der Waals surface area contributed by atoms with Crippen molar-refractivity contribution in [1.82, 2.24) is 0 Å². The Morgan fingerprint density at radius 3 is 2.85 bits per heavy atom. The van der Waals surface area contributed by atoms with Gasteiger partial charge < -0.3 is 10.5 Å². The monoisotopic (exact) mass is 243 g/mol. The molecular weight excluding hydrogens is 234 g/mol. The Kier molecular flexibility index (Phi) is 3.31. The molecule has 4 heteroatoms. The van der Waals surface area contributed by atoms with Crippen LogP contribution in [0.25, 0.3) is 0 Å². The molecule has 0 spiro atoms. The van der Waals surface area contributed by atoms with Crippen LogP contribution in [0, 0.1) is 6.92 Å². The van der Waals surface area contributed by atoms with Gasteiger partial charge >= 0.3 is 0 Å². The van der Waals surface area contributed by atoms with Crippen LogP contribution in [0.5, 0.6) is 5.75 Å². The standard InChI is InChI=1S/C9H10BrNO2/c1-6-4-7(2-3-8(6)10)13-5-9(11)12/h2-4H,5H2,1H3,(H2,11,12). The second kappa shape index (κ2) is 4.28. The quantitative estimate of drug-likeness (QED) is 0.878. The van der Waals surface area contributed by atoms with Crippen LogP contribution in [0.4, 0.5) is 0 Å². The van der Waals surface area contributed by atoms with Crippen LogP contribution in [0.15, 0.2) is 22.7 Å². The molecule has 0 saturated heterocycles. The topological polar surface area (TPSA) is 52.3 Å². The first kappa shape index (κ1) is 10.1. The number of aryl methyl sites for hydroxylation is 1. The Morgan fingerprint density at radius 1 is 1.62 bits per heavy atom. The predicted molar refractivity (Wildman–Crippen MR) is 53.6 cm³/mol. The molecule has 0 fully saturated rings. The van der Waals surface area contributed by atoms with Crippen molar-refractivity contribution in [2.75, 3.05) is 6.61 Å². The number of ether oxygens (including phenoxy) is 1. The van der Waals surface area contributed by atoms with E-state index in [4.69, 9.17) is 10.5 Å². The Labute approximate surface area is 85.0 Å². The summed E-state index contributed by atoms with van der Waals surface area (Å²) >= 11 is 3.36. The van der Waals surface area contributed by atoms with Crippen molar-refractivity contribution in [3.8, 4) is 5.75 Å². The molecule has 1 amide bonds. The zero-order valence-electron chi connectivity index (χ0n) is 7.21. The summed E-state index contributed by atoms with van der Waals surface area (Å²) in [6.45, 7) is 1.86. The van der Waals surface area contributed by atoms with Gasteiger partial charge in [-0.05, 0) is 30.7 Å². The van der Waals surface area contributed by atoms with E-state index in [1.807, 2.05) is 19.1 Å². The van der Waals surface area contributed by atoms with E-state index >= 15 is 0 Å². The highest BCUT2D eigenvalue weighted by Crippen LogP contribution is 2.21. The fourth-order valence-electron chi connectivity index (χ4n) is 0.861. The first-order valence-electron chi connectivity index (χ1n) is 3.77. The van der Waals surface area contributed by atoms with Crippen LogP contribution in [0.3, 0.4) is 0 Å². The van der Waals surface area contributed by atoms with Gasteiger partial charge in [-0.3, -0.25) is 4.79 Å². The number of benzene rings is 1. The lowest BCUT2D eigenvalue weighted by molar-refractivity contribution is -0.119. The first-order valence-corrected chi connectivity index (χ1v) is 4.56. The summed E-state index contributed by atoms with van der Waals surface area (Å²) in [7, 11) is 0. The van der Waals surface area contributed by atoms with Gasteiger partial charge in [0.25, 0.3) is 5.91 Å². The van der Waals surface area contributed by atoms with Crippen LogP contribution < -0.4 is 10.5 Å². The number of primary amides is 1. The average molecular weight is 244 g/mol. The van der Waals surface area contributed by atoms with Crippen molar-refractivity contribution in [3.63, 3.8) is 0 Å². The molecule has 0 bridgehead atoms. The number of nitrogens with two attached hydrogens (primary N) is 1. The highest BCUT2D eigenvalue weighted by atomic mass is 79.9. The van der Waals surface area contributed by atoms with E-state index in [9.17, 15) is 4.79 Å². The Morgan fingerprint density at radius 2 is 2.31 bits per heavy atom. The van der Waals surface area contributed by atoms with Gasteiger partial charge in [-0.1, -0.05) is 15.9 Å². The third kappa shape index (κ3) is 3.06. The van der Waals surface area contributed by atoms with E-state index < -0.39 is 5.91 Å². The molecule has 1 aromatic carbocycles. The summed E-state index contributed by atoms with van der Waals surface area (Å²) in [4.78, 5) is 10.4. The SMILES string of the molecule is Cc1cc(OCC(N)=O)ccc1Br. The van der Waals surface area contributed by atoms with Gasteiger partial charge in [0, 0.05) is 4.47 Å². The molecule has 0 atom stereocenters. The molecule has 1 aromatic rings. The number of hydrogen-bond acceptors (Lipinski definition) is 2. The number of hydrogen-bond donors (Lipinski definition) is 1. The number of carbonyl (C=O) groups is 1. The molecule has 1 rings (SSSR count). The van der Waals surface area contributed by atoms with E-state index in [2.05, 4.69) is 15.9 Å². The number of halogens is 1. The van der Waals surface area contributed by atoms with Gasteiger partial charge in [-0.2, -0.15) is 0 Å². The summed E-state index contributed by atoms with van der Waals surface area (Å²) in [6, 6.07) is 5.48. The summed E-state index contributed by atoms with van der Waals surface area (Å²) in [5.74, 6) is 0.181. The predicted octanol–water partition coefficient (Wildman–Crippen LogP) is 1.62. The molecule has 70 valence electrons. The van der Waals surface area contributed by atoms with Gasteiger partial charge in [0.2, 0.25) is 0 Å². The maximum atomic E-state index is 10.4. The molecule has 0 radical (unpaired) electrons. The first-order chi connectivity index (χ1) is 6.09. The molecule has 0 aromatic heterocycles. The number of carbonyl (C=O) groups excluding carboxylic acids is 1. The van der Waals surface area contributed by atoms with Crippen molar-refractivity contribution < 1.29 is 9.53 Å². The third-order valence-electron chi connectivity index (χ3n) is 1.51. The highest BCUT2D eigenvalue weighted by Gasteiger charge is 1.99. The van der Waals surface area contributed by atoms with E-state index in [1.54, 1.807) is 6.07 Å². The van der Waals surface area contributed by atoms with Crippen molar-refractivity contribution >= 4 is 21.8 Å². The maximum absolute atomic E-state index is 10.4. The largest absolute Gasteiger partial charge is 0.484 e. The van der Waals surface area contributed by atoms with Crippen LogP contribution in [0.2, 0.25) is 0 Å². The Balaban J connectivity index is 2.68. The zero-order chi connectivity index (χ0) is 9.84. The molecule has 0 heterocycles. The molecular formula is C9H10BrNO2. The third-order valence-corrected chi connectivity index (χ3v) is 2.40. The average Bonchev–Trinajstić information content (AvgIpc) is 2.07. The summed E-state index contributed by atoms with van der Waals surface area (Å²) in [5, 5.41) is 0. The zero-order valence-corrected chi connectivity index (χ0v) is 8.80. The maximum Gasteiger partial charge on any atom is 0.255 e. The molecule has 0 unspecified atom stereocenters. The van der Waals surface area contributed by atoms with E-state index in [0.717, 1.165) is 10.0 Å². The minimum atomic E-state index is -0.472. The highest BCUT2D eigenvalue weighted by molar-refractivity contribution is 9.10. The fraction of sp³-hybridized carbons (Fsp3) is 0.222. The van der Waals surface area contributed by atoms with Crippen molar-refractivity contribution in [2.24, 2.45) is 5.73 Å². The lowest BCUT2D eigenvalue weighted by Gasteiger charge is -2.05. The van der Waals surface area contributed by atoms with Gasteiger partial charge in [-0.15, -0.1) is 0 Å². The van der Waals surface area contributed by atoms with E-state index in [-0.39, 0.29) is 6.61 Å². The second-order valence-electron chi connectivity index (χ2n) is 2.67. The van der Waals surface area contributed by atoms with Gasteiger partial charge in [0.15, 0.2) is 6.61 Å². The second-order valence-corrected chi connectivity index (χ2v) is 3.52. The minimum absolute atomic E-state index is 0.0823. The Hall–Kier alpha value is -1.03. The van der Waals surface area contributed by atoms with Gasteiger partial charge in [0.05, 0.1) is 0 Å². The number of rotatable bonds is 3. The van der Waals surface area contributed by atoms with Crippen LogP contribution in [0.1, 0.15) is 5.56 Å². The summed E-state index contributed by atoms with van der Waals surface area (Å²) in [5.41, 5.74) is 5.99. The molecule has 0 aliphatic rings. The van der Waals surface area contributed by atoms with Crippen LogP contribution in [-0.2, 0) is 4.79 Å². The minimum Gasteiger partial charge on any atom is -0.484 e. The lowest BCUT2D eigenvalue weighted by atomic mass is 10.2. The smallest absolute Gasteiger partial charge is 0.255 e. The molecule has 2 N–H and O–H groups in total. The normalized spacial score (nSPS) is 9.69.